The molecule has 0 unspecified atom stereocenters. The molecular formula is C22H23NO2S. The first-order valence-corrected chi connectivity index (χ1v) is 9.53. The summed E-state index contributed by atoms with van der Waals surface area (Å²) in [6.07, 6.45) is 3.20. The summed E-state index contributed by atoms with van der Waals surface area (Å²) in [5.41, 5.74) is 2.36. The van der Waals surface area contributed by atoms with Crippen molar-refractivity contribution in [2.24, 2.45) is 5.41 Å². The molecule has 2 aromatic carbocycles. The number of hydrogen-bond acceptors (Lipinski definition) is 3. The third-order valence-electron chi connectivity index (χ3n) is 4.39. The van der Waals surface area contributed by atoms with Crippen molar-refractivity contribution in [1.29, 1.82) is 0 Å². The van der Waals surface area contributed by atoms with Crippen molar-refractivity contribution in [1.82, 2.24) is 0 Å². The zero-order valence-electron chi connectivity index (χ0n) is 15.3. The zero-order chi connectivity index (χ0) is 18.7. The molecule has 0 saturated heterocycles. The van der Waals surface area contributed by atoms with Crippen LogP contribution in [0.4, 0.5) is 5.69 Å². The summed E-state index contributed by atoms with van der Waals surface area (Å²) < 4.78 is 0. The maximum atomic E-state index is 12.6. The number of anilines is 1. The fraction of sp³-hybridized carbons (Fsp3) is 0.273. The van der Waals surface area contributed by atoms with Gasteiger partial charge in [0.25, 0.3) is 5.91 Å². The molecular weight excluding hydrogens is 342 g/mol. The van der Waals surface area contributed by atoms with Crippen LogP contribution in [0, 0.1) is 12.3 Å². The average Bonchev–Trinajstić information content (AvgIpc) is 2.55. The van der Waals surface area contributed by atoms with Crippen molar-refractivity contribution < 1.29 is 9.59 Å². The molecule has 0 atom stereocenters. The van der Waals surface area contributed by atoms with E-state index in [1.807, 2.05) is 55.5 Å². The standard InChI is InChI=1S/C22H23NO2S/c1-15-8-4-5-9-18(15)21(25)23-19-10-6-7-11-20(19)26-17-12-16(24)13-22(2,3)14-17/h4-12H,13-14H2,1-3H3,(H,23,25). The second-order valence-corrected chi connectivity index (χ2v) is 8.63. The largest absolute Gasteiger partial charge is 0.321 e. The van der Waals surface area contributed by atoms with Crippen molar-refractivity contribution in [3.63, 3.8) is 0 Å². The molecule has 1 N–H and O–H groups in total. The van der Waals surface area contributed by atoms with Gasteiger partial charge in [0.1, 0.15) is 0 Å². The summed E-state index contributed by atoms with van der Waals surface area (Å²) in [7, 11) is 0. The lowest BCUT2D eigenvalue weighted by atomic mass is 9.80. The highest BCUT2D eigenvalue weighted by atomic mass is 32.2. The van der Waals surface area contributed by atoms with Crippen LogP contribution < -0.4 is 5.32 Å². The van der Waals surface area contributed by atoms with E-state index in [0.29, 0.717) is 12.0 Å². The van der Waals surface area contributed by atoms with Gasteiger partial charge in [0.05, 0.1) is 5.69 Å². The summed E-state index contributed by atoms with van der Waals surface area (Å²) in [6.45, 7) is 6.16. The molecule has 0 spiro atoms. The summed E-state index contributed by atoms with van der Waals surface area (Å²) in [5.74, 6) is 0.0513. The van der Waals surface area contributed by atoms with Crippen LogP contribution in [0.5, 0.6) is 0 Å². The number of para-hydroxylation sites is 1. The van der Waals surface area contributed by atoms with Crippen molar-refractivity contribution in [2.45, 2.75) is 38.5 Å². The van der Waals surface area contributed by atoms with Crippen molar-refractivity contribution in [3.8, 4) is 0 Å². The van der Waals surface area contributed by atoms with Crippen LogP contribution in [-0.4, -0.2) is 11.7 Å². The quantitative estimate of drug-likeness (QED) is 0.766. The number of benzene rings is 2. The molecule has 0 bridgehead atoms. The Morgan fingerprint density at radius 2 is 1.73 bits per heavy atom. The monoisotopic (exact) mass is 365 g/mol. The summed E-state index contributed by atoms with van der Waals surface area (Å²) in [5, 5.41) is 3.02. The molecule has 0 heterocycles. The van der Waals surface area contributed by atoms with Gasteiger partial charge in [-0.05, 0) is 53.5 Å². The van der Waals surface area contributed by atoms with Gasteiger partial charge in [-0.25, -0.2) is 0 Å². The molecule has 3 rings (SSSR count). The third kappa shape index (κ3) is 4.44. The number of amides is 1. The number of carbonyl (C=O) groups excluding carboxylic acids is 2. The molecule has 1 aliphatic rings. The summed E-state index contributed by atoms with van der Waals surface area (Å²) in [4.78, 5) is 26.6. The van der Waals surface area contributed by atoms with Crippen LogP contribution in [0.1, 0.15) is 42.6 Å². The molecule has 0 fully saturated rings. The first kappa shape index (κ1) is 18.5. The van der Waals surface area contributed by atoms with Crippen molar-refractivity contribution >= 4 is 29.1 Å². The van der Waals surface area contributed by atoms with Gasteiger partial charge in [-0.3, -0.25) is 9.59 Å². The molecule has 134 valence electrons. The molecule has 3 nitrogen and oxygen atoms in total. The molecule has 0 aromatic heterocycles. The highest BCUT2D eigenvalue weighted by molar-refractivity contribution is 8.03. The Morgan fingerprint density at radius 3 is 2.46 bits per heavy atom. The third-order valence-corrected chi connectivity index (χ3v) is 5.49. The molecule has 2 aromatic rings. The van der Waals surface area contributed by atoms with Crippen LogP contribution in [0.2, 0.25) is 0 Å². The number of nitrogens with one attached hydrogen (secondary N) is 1. The molecule has 0 saturated carbocycles. The van der Waals surface area contributed by atoms with E-state index >= 15 is 0 Å². The number of hydrogen-bond donors (Lipinski definition) is 1. The number of aryl methyl sites for hydroxylation is 1. The van der Waals surface area contributed by atoms with E-state index in [4.69, 9.17) is 0 Å². The van der Waals surface area contributed by atoms with Gasteiger partial charge < -0.3 is 5.32 Å². The van der Waals surface area contributed by atoms with Crippen molar-refractivity contribution in [2.75, 3.05) is 5.32 Å². The Bertz CT molecular complexity index is 883. The number of allylic oxidation sites excluding steroid dienone is 2. The topological polar surface area (TPSA) is 46.2 Å². The second-order valence-electron chi connectivity index (χ2n) is 7.46. The SMILES string of the molecule is Cc1ccccc1C(=O)Nc1ccccc1SC1=CC(=O)CC(C)(C)C1. The zero-order valence-corrected chi connectivity index (χ0v) is 16.2. The first-order chi connectivity index (χ1) is 12.3. The minimum atomic E-state index is -0.120. The number of carbonyl (C=O) groups is 2. The maximum absolute atomic E-state index is 12.6. The number of thioether (sulfide) groups is 1. The Morgan fingerprint density at radius 1 is 1.04 bits per heavy atom. The van der Waals surface area contributed by atoms with Crippen LogP contribution in [0.15, 0.2) is 64.4 Å². The highest BCUT2D eigenvalue weighted by Crippen LogP contribution is 2.43. The van der Waals surface area contributed by atoms with Gasteiger partial charge in [0.15, 0.2) is 5.78 Å². The van der Waals surface area contributed by atoms with Gasteiger partial charge in [0.2, 0.25) is 0 Å². The Balaban J connectivity index is 1.82. The second kappa shape index (κ2) is 7.50. The maximum Gasteiger partial charge on any atom is 0.255 e. The summed E-state index contributed by atoms with van der Waals surface area (Å²) in [6, 6.07) is 15.3. The number of rotatable bonds is 4. The van der Waals surface area contributed by atoms with Crippen LogP contribution in [-0.2, 0) is 4.79 Å². The Hall–Kier alpha value is -2.33. The fourth-order valence-corrected chi connectivity index (χ4v) is 4.48. The molecule has 0 radical (unpaired) electrons. The lowest BCUT2D eigenvalue weighted by Crippen LogP contribution is -2.21. The van der Waals surface area contributed by atoms with Gasteiger partial charge >= 0.3 is 0 Å². The molecule has 1 amide bonds. The van der Waals surface area contributed by atoms with E-state index < -0.39 is 0 Å². The van der Waals surface area contributed by atoms with Gasteiger partial charge in [-0.1, -0.05) is 55.9 Å². The normalized spacial score (nSPS) is 16.1. The van der Waals surface area contributed by atoms with Gasteiger partial charge in [0, 0.05) is 16.9 Å². The van der Waals surface area contributed by atoms with Gasteiger partial charge in [-0.2, -0.15) is 0 Å². The fourth-order valence-electron chi connectivity index (χ4n) is 3.17. The smallest absolute Gasteiger partial charge is 0.255 e. The average molecular weight is 365 g/mol. The first-order valence-electron chi connectivity index (χ1n) is 8.71. The van der Waals surface area contributed by atoms with Crippen molar-refractivity contribution in [3.05, 3.63) is 70.6 Å². The highest BCUT2D eigenvalue weighted by Gasteiger charge is 2.28. The minimum absolute atomic E-state index is 0.0203. The van der Waals surface area contributed by atoms with Crippen LogP contribution in [0.3, 0.4) is 0 Å². The lowest BCUT2D eigenvalue weighted by molar-refractivity contribution is -0.116. The van der Waals surface area contributed by atoms with E-state index in [9.17, 15) is 9.59 Å². The molecule has 0 aliphatic heterocycles. The molecule has 26 heavy (non-hydrogen) atoms. The van der Waals surface area contributed by atoms with E-state index in [0.717, 1.165) is 27.5 Å². The van der Waals surface area contributed by atoms with E-state index in [-0.39, 0.29) is 17.1 Å². The Kier molecular flexibility index (Phi) is 5.33. The summed E-state index contributed by atoms with van der Waals surface area (Å²) >= 11 is 1.56. The van der Waals surface area contributed by atoms with Crippen LogP contribution >= 0.6 is 11.8 Å². The van der Waals surface area contributed by atoms with E-state index in [2.05, 4.69) is 19.2 Å². The predicted molar refractivity (Wildman–Crippen MR) is 108 cm³/mol. The van der Waals surface area contributed by atoms with Crippen LogP contribution in [0.25, 0.3) is 0 Å². The predicted octanol–water partition coefficient (Wildman–Crippen LogP) is 5.61. The number of ketones is 1. The lowest BCUT2D eigenvalue weighted by Gasteiger charge is -2.28. The van der Waals surface area contributed by atoms with Gasteiger partial charge in [-0.15, -0.1) is 0 Å². The minimum Gasteiger partial charge on any atom is -0.321 e. The van der Waals surface area contributed by atoms with E-state index in [1.165, 1.54) is 0 Å². The van der Waals surface area contributed by atoms with E-state index in [1.54, 1.807) is 17.8 Å². The Labute approximate surface area is 158 Å². The molecule has 4 heteroatoms. The molecule has 1 aliphatic carbocycles.